The van der Waals surface area contributed by atoms with Gasteiger partial charge in [0, 0.05) is 15.8 Å². The highest BCUT2D eigenvalue weighted by Gasteiger charge is 2.25. The largest absolute Gasteiger partial charge is 0.310 e. The minimum Gasteiger partial charge on any atom is -0.310 e. The molecule has 0 aromatic carbocycles. The Morgan fingerprint density at radius 1 is 1.28 bits per heavy atom. The lowest BCUT2D eigenvalue weighted by atomic mass is 9.77. The fraction of sp³-hybridized carbons (Fsp3) is 0.750. The summed E-state index contributed by atoms with van der Waals surface area (Å²) < 4.78 is 0. The predicted octanol–water partition coefficient (Wildman–Crippen LogP) is 5.09. The van der Waals surface area contributed by atoms with Gasteiger partial charge in [-0.05, 0) is 49.8 Å². The summed E-state index contributed by atoms with van der Waals surface area (Å²) in [6.07, 6.45) is 1.22. The van der Waals surface area contributed by atoms with Crippen molar-refractivity contribution in [2.45, 2.75) is 60.9 Å². The summed E-state index contributed by atoms with van der Waals surface area (Å²) in [6.45, 7) is 17.1. The minimum absolute atomic E-state index is 0.382. The lowest BCUT2D eigenvalue weighted by Gasteiger charge is -2.31. The van der Waals surface area contributed by atoms with Crippen LogP contribution in [-0.2, 0) is 0 Å². The Balaban J connectivity index is 2.86. The van der Waals surface area contributed by atoms with Crippen LogP contribution in [-0.4, -0.2) is 6.54 Å². The monoisotopic (exact) mass is 267 g/mol. The van der Waals surface area contributed by atoms with E-state index in [9.17, 15) is 0 Å². The third-order valence-electron chi connectivity index (χ3n) is 3.97. The van der Waals surface area contributed by atoms with Crippen molar-refractivity contribution < 1.29 is 0 Å². The van der Waals surface area contributed by atoms with Gasteiger partial charge in [-0.2, -0.15) is 0 Å². The maximum Gasteiger partial charge on any atom is 0.0333 e. The molecule has 0 saturated heterocycles. The van der Waals surface area contributed by atoms with Crippen molar-refractivity contribution in [2.75, 3.05) is 6.54 Å². The Morgan fingerprint density at radius 3 is 2.28 bits per heavy atom. The van der Waals surface area contributed by atoms with Crippen LogP contribution in [0.3, 0.4) is 0 Å². The SMILES string of the molecule is CCNC(CC(C)C(C)(C)C)c1cc(C)sc1C. The number of nitrogens with one attached hydrogen (secondary N) is 1. The molecule has 18 heavy (non-hydrogen) atoms. The average molecular weight is 267 g/mol. The summed E-state index contributed by atoms with van der Waals surface area (Å²) in [5.41, 5.74) is 1.89. The Kier molecular flexibility index (Phi) is 5.42. The quantitative estimate of drug-likeness (QED) is 0.783. The molecule has 1 aromatic rings. The summed E-state index contributed by atoms with van der Waals surface area (Å²) in [4.78, 5) is 2.90. The van der Waals surface area contributed by atoms with Crippen molar-refractivity contribution in [2.24, 2.45) is 11.3 Å². The number of aryl methyl sites for hydroxylation is 2. The number of rotatable bonds is 5. The Morgan fingerprint density at radius 2 is 1.89 bits per heavy atom. The van der Waals surface area contributed by atoms with Gasteiger partial charge >= 0.3 is 0 Å². The lowest BCUT2D eigenvalue weighted by molar-refractivity contribution is 0.224. The molecule has 0 spiro atoms. The van der Waals surface area contributed by atoms with E-state index in [4.69, 9.17) is 0 Å². The van der Waals surface area contributed by atoms with Crippen molar-refractivity contribution in [3.63, 3.8) is 0 Å². The zero-order valence-electron chi connectivity index (χ0n) is 13.1. The van der Waals surface area contributed by atoms with E-state index >= 15 is 0 Å². The van der Waals surface area contributed by atoms with E-state index in [1.54, 1.807) is 0 Å². The molecule has 0 saturated carbocycles. The van der Waals surface area contributed by atoms with Gasteiger partial charge in [-0.25, -0.2) is 0 Å². The predicted molar refractivity (Wildman–Crippen MR) is 83.4 cm³/mol. The summed E-state index contributed by atoms with van der Waals surface area (Å²) in [5.74, 6) is 0.709. The second kappa shape index (κ2) is 6.21. The van der Waals surface area contributed by atoms with Crippen LogP contribution >= 0.6 is 11.3 Å². The molecule has 0 amide bonds. The van der Waals surface area contributed by atoms with Crippen LogP contribution in [0.15, 0.2) is 6.07 Å². The molecule has 0 radical (unpaired) electrons. The molecule has 0 fully saturated rings. The molecular formula is C16H29NS. The maximum atomic E-state index is 3.66. The van der Waals surface area contributed by atoms with Crippen molar-refractivity contribution in [3.05, 3.63) is 21.4 Å². The van der Waals surface area contributed by atoms with Crippen LogP contribution in [0.1, 0.15) is 62.4 Å². The van der Waals surface area contributed by atoms with Crippen LogP contribution in [0.5, 0.6) is 0 Å². The molecule has 2 unspecified atom stereocenters. The van der Waals surface area contributed by atoms with Gasteiger partial charge in [0.15, 0.2) is 0 Å². The summed E-state index contributed by atoms with van der Waals surface area (Å²) >= 11 is 1.92. The first kappa shape index (κ1) is 15.7. The third kappa shape index (κ3) is 4.10. The molecule has 0 aliphatic rings. The molecule has 1 N–H and O–H groups in total. The van der Waals surface area contributed by atoms with Gasteiger partial charge in [0.05, 0.1) is 0 Å². The zero-order chi connectivity index (χ0) is 13.9. The first-order valence-corrected chi connectivity index (χ1v) is 7.87. The second-order valence-corrected chi connectivity index (χ2v) is 7.94. The highest BCUT2D eigenvalue weighted by molar-refractivity contribution is 7.12. The molecule has 1 nitrogen and oxygen atoms in total. The molecule has 104 valence electrons. The average Bonchev–Trinajstić information content (AvgIpc) is 2.55. The van der Waals surface area contributed by atoms with E-state index in [2.05, 4.69) is 59.8 Å². The molecule has 1 aromatic heterocycles. The molecule has 2 atom stereocenters. The molecular weight excluding hydrogens is 238 g/mol. The maximum absolute atomic E-state index is 3.66. The highest BCUT2D eigenvalue weighted by Crippen LogP contribution is 2.36. The van der Waals surface area contributed by atoms with Crippen LogP contribution in [0.4, 0.5) is 0 Å². The smallest absolute Gasteiger partial charge is 0.0333 e. The van der Waals surface area contributed by atoms with Gasteiger partial charge in [-0.3, -0.25) is 0 Å². The Hall–Kier alpha value is -0.340. The van der Waals surface area contributed by atoms with E-state index in [1.807, 2.05) is 11.3 Å². The highest BCUT2D eigenvalue weighted by atomic mass is 32.1. The molecule has 0 bridgehead atoms. The van der Waals surface area contributed by atoms with Gasteiger partial charge < -0.3 is 5.32 Å². The molecule has 2 heteroatoms. The lowest BCUT2D eigenvalue weighted by Crippen LogP contribution is -2.27. The van der Waals surface area contributed by atoms with Crippen LogP contribution < -0.4 is 5.32 Å². The summed E-state index contributed by atoms with van der Waals surface area (Å²) in [5, 5.41) is 3.66. The first-order valence-electron chi connectivity index (χ1n) is 7.06. The van der Waals surface area contributed by atoms with E-state index in [0.29, 0.717) is 17.4 Å². The fourth-order valence-corrected chi connectivity index (χ4v) is 3.26. The van der Waals surface area contributed by atoms with Crippen molar-refractivity contribution >= 4 is 11.3 Å². The van der Waals surface area contributed by atoms with Gasteiger partial charge in [0.2, 0.25) is 0 Å². The van der Waals surface area contributed by atoms with E-state index in [0.717, 1.165) is 6.54 Å². The van der Waals surface area contributed by atoms with Gasteiger partial charge in [0.25, 0.3) is 0 Å². The van der Waals surface area contributed by atoms with Crippen molar-refractivity contribution in [1.29, 1.82) is 0 Å². The third-order valence-corrected chi connectivity index (χ3v) is 4.95. The number of thiophene rings is 1. The van der Waals surface area contributed by atoms with E-state index < -0.39 is 0 Å². The minimum atomic E-state index is 0.382. The Bertz CT molecular complexity index is 373. The number of hydrogen-bond donors (Lipinski definition) is 1. The first-order chi connectivity index (χ1) is 8.25. The normalized spacial score (nSPS) is 15.7. The summed E-state index contributed by atoms with van der Waals surface area (Å²) in [6, 6.07) is 2.87. The van der Waals surface area contributed by atoms with Gasteiger partial charge in [0.1, 0.15) is 0 Å². The fourth-order valence-electron chi connectivity index (χ4n) is 2.27. The summed E-state index contributed by atoms with van der Waals surface area (Å²) in [7, 11) is 0. The van der Waals surface area contributed by atoms with Crippen LogP contribution in [0, 0.1) is 25.2 Å². The van der Waals surface area contributed by atoms with Crippen LogP contribution in [0.2, 0.25) is 0 Å². The molecule has 0 aliphatic carbocycles. The van der Waals surface area contributed by atoms with Crippen molar-refractivity contribution in [1.82, 2.24) is 5.32 Å². The number of hydrogen-bond acceptors (Lipinski definition) is 2. The van der Waals surface area contributed by atoms with Crippen molar-refractivity contribution in [3.8, 4) is 0 Å². The van der Waals surface area contributed by atoms with E-state index in [1.165, 1.54) is 21.7 Å². The van der Waals surface area contributed by atoms with Crippen LogP contribution in [0.25, 0.3) is 0 Å². The molecule has 0 aliphatic heterocycles. The topological polar surface area (TPSA) is 12.0 Å². The van der Waals surface area contributed by atoms with E-state index in [-0.39, 0.29) is 0 Å². The zero-order valence-corrected chi connectivity index (χ0v) is 13.9. The molecule has 1 heterocycles. The van der Waals surface area contributed by atoms with Gasteiger partial charge in [-0.1, -0.05) is 34.6 Å². The molecule has 1 rings (SSSR count). The standard InChI is InChI=1S/C16H29NS/c1-8-17-15(9-11(2)16(5,6)7)14-10-12(3)18-13(14)4/h10-11,15,17H,8-9H2,1-7H3. The second-order valence-electron chi connectivity index (χ2n) is 6.48. The Labute approximate surface area is 117 Å². The van der Waals surface area contributed by atoms with Gasteiger partial charge in [-0.15, -0.1) is 11.3 Å².